The summed E-state index contributed by atoms with van der Waals surface area (Å²) in [5, 5.41) is 7.65. The summed E-state index contributed by atoms with van der Waals surface area (Å²) in [4.78, 5) is 13.1. The second kappa shape index (κ2) is 9.09. The average molecular weight is 480 g/mol. The lowest BCUT2D eigenvalue weighted by Gasteiger charge is -2.26. The minimum absolute atomic E-state index is 0. The number of hydrogen-bond donors (Lipinski definition) is 1. The number of benzene rings is 2. The van der Waals surface area contributed by atoms with E-state index in [4.69, 9.17) is 27.9 Å². The number of hydrazine groups is 1. The standard InChI is InChI=1S/C22H20Cl2N4O2.ClH/c23-14-8-9-18(17(24)12-14)28-21-15-6-2-3-7-19(15)30-13-16(21)20(25-28)22(29)26-27-10-4-1-5-11-27;/h2-3,6-9,12H,1,4-5,10-11,13H2,(H,26,29);1H. The van der Waals surface area contributed by atoms with Crippen molar-refractivity contribution in [3.63, 3.8) is 0 Å². The molecule has 2 aromatic carbocycles. The summed E-state index contributed by atoms with van der Waals surface area (Å²) in [6.45, 7) is 1.95. The maximum atomic E-state index is 13.1. The Balaban J connectivity index is 0.00000231. The van der Waals surface area contributed by atoms with Crippen LogP contribution < -0.4 is 10.2 Å². The summed E-state index contributed by atoms with van der Waals surface area (Å²) < 4.78 is 7.65. The number of ether oxygens (including phenoxy) is 1. The highest BCUT2D eigenvalue weighted by Crippen LogP contribution is 2.41. The molecule has 0 bridgehead atoms. The van der Waals surface area contributed by atoms with Crippen LogP contribution in [0.1, 0.15) is 35.3 Å². The number of piperidine rings is 1. The van der Waals surface area contributed by atoms with Crippen molar-refractivity contribution < 1.29 is 9.53 Å². The van der Waals surface area contributed by atoms with Crippen molar-refractivity contribution in [1.82, 2.24) is 20.2 Å². The highest BCUT2D eigenvalue weighted by atomic mass is 35.5. The Hall–Kier alpha value is -2.25. The van der Waals surface area contributed by atoms with E-state index >= 15 is 0 Å². The molecule has 0 aliphatic carbocycles. The summed E-state index contributed by atoms with van der Waals surface area (Å²) in [7, 11) is 0. The molecule has 0 saturated carbocycles. The number of carbonyl (C=O) groups excluding carboxylic acids is 1. The Kier molecular flexibility index (Phi) is 6.44. The molecule has 162 valence electrons. The molecular weight excluding hydrogens is 459 g/mol. The van der Waals surface area contributed by atoms with Gasteiger partial charge in [0.05, 0.1) is 16.4 Å². The quantitative estimate of drug-likeness (QED) is 0.554. The van der Waals surface area contributed by atoms with Gasteiger partial charge in [-0.15, -0.1) is 12.4 Å². The van der Waals surface area contributed by atoms with Gasteiger partial charge in [0.1, 0.15) is 12.4 Å². The number of aromatic nitrogens is 2. The maximum absolute atomic E-state index is 13.1. The smallest absolute Gasteiger partial charge is 0.286 e. The Bertz CT molecular complexity index is 1130. The van der Waals surface area contributed by atoms with Gasteiger partial charge < -0.3 is 4.74 Å². The number of halogens is 3. The summed E-state index contributed by atoms with van der Waals surface area (Å²) in [5.41, 5.74) is 6.43. The molecule has 5 rings (SSSR count). The first-order chi connectivity index (χ1) is 14.6. The molecule has 3 aromatic rings. The molecule has 1 saturated heterocycles. The van der Waals surface area contributed by atoms with E-state index in [1.54, 1.807) is 16.8 Å². The number of carbonyl (C=O) groups is 1. The molecule has 2 aliphatic rings. The zero-order valence-electron chi connectivity index (χ0n) is 16.6. The largest absolute Gasteiger partial charge is 0.488 e. The normalized spacial score (nSPS) is 15.3. The summed E-state index contributed by atoms with van der Waals surface area (Å²) in [6.07, 6.45) is 3.34. The van der Waals surface area contributed by atoms with Crippen LogP contribution in [0.5, 0.6) is 5.75 Å². The zero-order chi connectivity index (χ0) is 20.7. The van der Waals surface area contributed by atoms with Crippen molar-refractivity contribution in [2.45, 2.75) is 25.9 Å². The van der Waals surface area contributed by atoms with Gasteiger partial charge in [-0.2, -0.15) is 5.10 Å². The van der Waals surface area contributed by atoms with Gasteiger partial charge in [0, 0.05) is 29.2 Å². The fourth-order valence-corrected chi connectivity index (χ4v) is 4.50. The van der Waals surface area contributed by atoms with Crippen LogP contribution in [0.15, 0.2) is 42.5 Å². The first-order valence-corrected chi connectivity index (χ1v) is 10.7. The minimum Gasteiger partial charge on any atom is -0.488 e. The van der Waals surface area contributed by atoms with Gasteiger partial charge in [0.15, 0.2) is 5.69 Å². The highest BCUT2D eigenvalue weighted by molar-refractivity contribution is 6.35. The lowest BCUT2D eigenvalue weighted by atomic mass is 10.0. The van der Waals surface area contributed by atoms with E-state index < -0.39 is 0 Å². The molecular formula is C22H21Cl3N4O2. The Morgan fingerprint density at radius 1 is 1.06 bits per heavy atom. The van der Waals surface area contributed by atoms with Crippen LogP contribution in [-0.4, -0.2) is 33.8 Å². The number of fused-ring (bicyclic) bond motifs is 3. The Morgan fingerprint density at radius 2 is 1.84 bits per heavy atom. The molecule has 1 fully saturated rings. The fraction of sp³-hybridized carbons (Fsp3) is 0.273. The summed E-state index contributed by atoms with van der Waals surface area (Å²) in [6, 6.07) is 13.0. The predicted octanol–water partition coefficient (Wildman–Crippen LogP) is 5.29. The monoisotopic (exact) mass is 478 g/mol. The number of hydrogen-bond acceptors (Lipinski definition) is 4. The SMILES string of the molecule is Cl.O=C(NN1CCCCC1)c1nn(-c2ccc(Cl)cc2Cl)c2c1COc1ccccc1-2. The van der Waals surface area contributed by atoms with E-state index in [-0.39, 0.29) is 24.9 Å². The van der Waals surface area contributed by atoms with Gasteiger partial charge in [0.25, 0.3) is 5.91 Å². The van der Waals surface area contributed by atoms with Crippen LogP contribution in [0.25, 0.3) is 16.9 Å². The maximum Gasteiger partial charge on any atom is 0.286 e. The lowest BCUT2D eigenvalue weighted by molar-refractivity contribution is 0.0742. The molecule has 1 N–H and O–H groups in total. The minimum atomic E-state index is -0.236. The molecule has 0 unspecified atom stereocenters. The van der Waals surface area contributed by atoms with Crippen LogP contribution in [0.2, 0.25) is 10.0 Å². The van der Waals surface area contributed by atoms with E-state index in [2.05, 4.69) is 10.5 Å². The molecule has 3 heterocycles. The molecule has 31 heavy (non-hydrogen) atoms. The number of para-hydroxylation sites is 1. The number of rotatable bonds is 3. The third-order valence-electron chi connectivity index (χ3n) is 5.47. The van der Waals surface area contributed by atoms with Crippen molar-refractivity contribution in [3.05, 3.63) is 63.8 Å². The van der Waals surface area contributed by atoms with Crippen LogP contribution in [0, 0.1) is 0 Å². The van der Waals surface area contributed by atoms with Gasteiger partial charge in [-0.25, -0.2) is 9.69 Å². The number of nitrogens with zero attached hydrogens (tertiary/aromatic N) is 3. The zero-order valence-corrected chi connectivity index (χ0v) is 18.9. The van der Waals surface area contributed by atoms with Gasteiger partial charge >= 0.3 is 0 Å². The van der Waals surface area contributed by atoms with Crippen molar-refractivity contribution >= 4 is 41.5 Å². The summed E-state index contributed by atoms with van der Waals surface area (Å²) >= 11 is 12.6. The van der Waals surface area contributed by atoms with Gasteiger partial charge in [-0.3, -0.25) is 10.2 Å². The fourth-order valence-electron chi connectivity index (χ4n) is 4.01. The molecule has 0 radical (unpaired) electrons. The number of amides is 1. The second-order valence-corrected chi connectivity index (χ2v) is 8.30. The topological polar surface area (TPSA) is 59.4 Å². The van der Waals surface area contributed by atoms with Crippen molar-refractivity contribution in [2.24, 2.45) is 0 Å². The molecule has 1 amide bonds. The molecule has 1 aromatic heterocycles. The third kappa shape index (κ3) is 4.13. The van der Waals surface area contributed by atoms with E-state index in [9.17, 15) is 4.79 Å². The Morgan fingerprint density at radius 3 is 2.61 bits per heavy atom. The van der Waals surface area contributed by atoms with Crippen LogP contribution in [-0.2, 0) is 6.61 Å². The molecule has 2 aliphatic heterocycles. The molecule has 0 spiro atoms. The van der Waals surface area contributed by atoms with Crippen molar-refractivity contribution in [1.29, 1.82) is 0 Å². The van der Waals surface area contributed by atoms with Gasteiger partial charge in [-0.1, -0.05) is 41.8 Å². The van der Waals surface area contributed by atoms with E-state index in [1.807, 2.05) is 35.3 Å². The number of nitrogens with one attached hydrogen (secondary N) is 1. The van der Waals surface area contributed by atoms with Gasteiger partial charge in [-0.05, 0) is 43.2 Å². The van der Waals surface area contributed by atoms with Gasteiger partial charge in [0.2, 0.25) is 0 Å². The highest BCUT2D eigenvalue weighted by Gasteiger charge is 2.31. The predicted molar refractivity (Wildman–Crippen MR) is 123 cm³/mol. The van der Waals surface area contributed by atoms with Crippen molar-refractivity contribution in [2.75, 3.05) is 13.1 Å². The Labute approximate surface area is 196 Å². The van der Waals surface area contributed by atoms with Crippen LogP contribution in [0.4, 0.5) is 0 Å². The van der Waals surface area contributed by atoms with Crippen LogP contribution in [0.3, 0.4) is 0 Å². The lowest BCUT2D eigenvalue weighted by Crippen LogP contribution is -2.45. The molecule has 9 heteroatoms. The van der Waals surface area contributed by atoms with Crippen molar-refractivity contribution in [3.8, 4) is 22.7 Å². The third-order valence-corrected chi connectivity index (χ3v) is 6.00. The van der Waals surface area contributed by atoms with Crippen LogP contribution >= 0.6 is 35.6 Å². The first-order valence-electron chi connectivity index (χ1n) is 9.97. The van der Waals surface area contributed by atoms with E-state index in [0.29, 0.717) is 21.4 Å². The first kappa shape index (κ1) is 22.0. The van der Waals surface area contributed by atoms with E-state index in [0.717, 1.165) is 48.5 Å². The summed E-state index contributed by atoms with van der Waals surface area (Å²) in [5.74, 6) is 0.513. The molecule has 6 nitrogen and oxygen atoms in total. The average Bonchev–Trinajstić information content (AvgIpc) is 3.14. The second-order valence-electron chi connectivity index (χ2n) is 7.46. The molecule has 0 atom stereocenters. The van der Waals surface area contributed by atoms with E-state index in [1.165, 1.54) is 6.42 Å².